The van der Waals surface area contributed by atoms with Gasteiger partial charge in [0.1, 0.15) is 0 Å². The minimum Gasteiger partial charge on any atom is -0.306 e. The molecule has 13 heavy (non-hydrogen) atoms. The lowest BCUT2D eigenvalue weighted by molar-refractivity contribution is -0.0252. The van der Waals surface area contributed by atoms with Gasteiger partial charge in [0.05, 0.1) is 0 Å². The normalized spacial score (nSPS) is 29.5. The first-order valence-corrected chi connectivity index (χ1v) is 5.46. The van der Waals surface area contributed by atoms with Crippen molar-refractivity contribution in [3.8, 4) is 0 Å². The minimum atomic E-state index is 0.737. The van der Waals surface area contributed by atoms with Crippen LogP contribution in [0.1, 0.15) is 25.7 Å². The number of hydrogen-bond acceptors (Lipinski definition) is 2. The van der Waals surface area contributed by atoms with Crippen molar-refractivity contribution in [2.24, 2.45) is 5.41 Å². The number of hydrogen-bond donors (Lipinski definition) is 0. The van der Waals surface area contributed by atoms with E-state index in [9.17, 15) is 0 Å². The maximum absolute atomic E-state index is 2.45. The van der Waals surface area contributed by atoms with Crippen LogP contribution < -0.4 is 0 Å². The molecule has 76 valence electrons. The molecule has 2 rings (SSSR count). The van der Waals surface area contributed by atoms with Gasteiger partial charge in [-0.2, -0.15) is 0 Å². The molecule has 0 aromatic rings. The molecule has 0 radical (unpaired) electrons. The van der Waals surface area contributed by atoms with E-state index in [2.05, 4.69) is 30.9 Å². The fraction of sp³-hybridized carbons (Fsp3) is 1.00. The molecule has 0 N–H and O–H groups in total. The highest BCUT2D eigenvalue weighted by Gasteiger charge is 2.43. The van der Waals surface area contributed by atoms with Crippen molar-refractivity contribution in [1.29, 1.82) is 0 Å². The highest BCUT2D eigenvalue weighted by molar-refractivity contribution is 4.97. The zero-order valence-corrected chi connectivity index (χ0v) is 9.21. The maximum atomic E-state index is 2.45. The summed E-state index contributed by atoms with van der Waals surface area (Å²) < 4.78 is 0. The molecule has 1 saturated carbocycles. The Hall–Kier alpha value is -0.0800. The Morgan fingerprint density at radius 3 is 2.08 bits per heavy atom. The van der Waals surface area contributed by atoms with Gasteiger partial charge in [0.25, 0.3) is 0 Å². The molecular weight excluding hydrogens is 160 g/mol. The second-order valence-electron chi connectivity index (χ2n) is 5.37. The third-order valence-corrected chi connectivity index (χ3v) is 3.96. The molecule has 1 heterocycles. The van der Waals surface area contributed by atoms with Gasteiger partial charge in [-0.3, -0.25) is 0 Å². The van der Waals surface area contributed by atoms with Crippen molar-refractivity contribution in [2.45, 2.75) is 31.7 Å². The Labute approximate surface area is 81.9 Å². The Bertz CT molecular complexity index is 173. The van der Waals surface area contributed by atoms with Crippen molar-refractivity contribution >= 4 is 0 Å². The summed E-state index contributed by atoms with van der Waals surface area (Å²) in [6.45, 7) is 2.71. The fourth-order valence-corrected chi connectivity index (χ4v) is 3.15. The second-order valence-corrected chi connectivity index (χ2v) is 5.37. The summed E-state index contributed by atoms with van der Waals surface area (Å²) in [6, 6.07) is 0.858. The third-order valence-electron chi connectivity index (χ3n) is 3.96. The Morgan fingerprint density at radius 1 is 1.15 bits per heavy atom. The molecule has 2 nitrogen and oxygen atoms in total. The molecule has 2 aliphatic rings. The molecule has 0 amide bonds. The van der Waals surface area contributed by atoms with Gasteiger partial charge in [-0.25, -0.2) is 0 Å². The first kappa shape index (κ1) is 9.47. The van der Waals surface area contributed by atoms with Crippen LogP contribution in [0.2, 0.25) is 0 Å². The Kier molecular flexibility index (Phi) is 2.37. The quantitative estimate of drug-likeness (QED) is 0.605. The van der Waals surface area contributed by atoms with Gasteiger partial charge in [0, 0.05) is 19.1 Å². The number of nitrogens with zero attached hydrogens (tertiary/aromatic N) is 2. The lowest BCUT2D eigenvalue weighted by Crippen LogP contribution is -2.56. The van der Waals surface area contributed by atoms with Crippen LogP contribution in [0.3, 0.4) is 0 Å². The molecule has 1 aliphatic carbocycles. The first-order chi connectivity index (χ1) is 6.11. The van der Waals surface area contributed by atoms with Crippen LogP contribution in [0.4, 0.5) is 0 Å². The van der Waals surface area contributed by atoms with E-state index >= 15 is 0 Å². The summed E-state index contributed by atoms with van der Waals surface area (Å²) in [5, 5.41) is 0. The summed E-state index contributed by atoms with van der Waals surface area (Å²) in [5.41, 5.74) is 0.737. The maximum Gasteiger partial charge on any atom is 0.00896 e. The van der Waals surface area contributed by atoms with Crippen LogP contribution in [-0.4, -0.2) is 50.1 Å². The van der Waals surface area contributed by atoms with E-state index in [1.807, 2.05) is 0 Å². The van der Waals surface area contributed by atoms with Gasteiger partial charge < -0.3 is 9.80 Å². The molecule has 1 saturated heterocycles. The van der Waals surface area contributed by atoms with Crippen LogP contribution in [-0.2, 0) is 0 Å². The molecule has 2 fully saturated rings. The highest BCUT2D eigenvalue weighted by Crippen LogP contribution is 2.43. The van der Waals surface area contributed by atoms with E-state index in [4.69, 9.17) is 0 Å². The molecule has 1 spiro atoms. The average Bonchev–Trinajstić information content (AvgIpc) is 2.03. The van der Waals surface area contributed by atoms with Crippen LogP contribution in [0.25, 0.3) is 0 Å². The summed E-state index contributed by atoms with van der Waals surface area (Å²) in [5.74, 6) is 0. The summed E-state index contributed by atoms with van der Waals surface area (Å²) in [6.07, 6.45) is 5.75. The van der Waals surface area contributed by atoms with E-state index in [1.165, 1.54) is 38.8 Å². The molecule has 0 aromatic heterocycles. The average molecular weight is 182 g/mol. The third kappa shape index (κ3) is 1.75. The van der Waals surface area contributed by atoms with Crippen molar-refractivity contribution < 1.29 is 0 Å². The molecule has 0 atom stereocenters. The standard InChI is InChI=1S/C11H22N2/c1-12(2)10-4-6-11(7-5-10)8-13(3)9-11/h10H,4-9H2,1-3H3. The van der Waals surface area contributed by atoms with Gasteiger partial charge in [0.15, 0.2) is 0 Å². The summed E-state index contributed by atoms with van der Waals surface area (Å²) in [4.78, 5) is 4.85. The zero-order chi connectivity index (χ0) is 9.47. The molecule has 0 bridgehead atoms. The topological polar surface area (TPSA) is 6.48 Å². The van der Waals surface area contributed by atoms with Crippen LogP contribution in [0.15, 0.2) is 0 Å². The zero-order valence-electron chi connectivity index (χ0n) is 9.21. The van der Waals surface area contributed by atoms with E-state index in [0.29, 0.717) is 0 Å². The van der Waals surface area contributed by atoms with Gasteiger partial charge in [-0.1, -0.05) is 0 Å². The highest BCUT2D eigenvalue weighted by atomic mass is 15.2. The smallest absolute Gasteiger partial charge is 0.00896 e. The van der Waals surface area contributed by atoms with E-state index in [-0.39, 0.29) is 0 Å². The van der Waals surface area contributed by atoms with Crippen LogP contribution in [0, 0.1) is 5.41 Å². The van der Waals surface area contributed by atoms with Gasteiger partial charge in [-0.15, -0.1) is 0 Å². The number of rotatable bonds is 1. The summed E-state index contributed by atoms with van der Waals surface area (Å²) >= 11 is 0. The van der Waals surface area contributed by atoms with E-state index in [1.54, 1.807) is 0 Å². The monoisotopic (exact) mass is 182 g/mol. The van der Waals surface area contributed by atoms with Gasteiger partial charge in [-0.05, 0) is 52.2 Å². The molecule has 0 unspecified atom stereocenters. The van der Waals surface area contributed by atoms with Gasteiger partial charge in [0.2, 0.25) is 0 Å². The van der Waals surface area contributed by atoms with Crippen molar-refractivity contribution in [3.05, 3.63) is 0 Å². The van der Waals surface area contributed by atoms with Crippen molar-refractivity contribution in [1.82, 2.24) is 9.80 Å². The SMILES string of the molecule is CN1CC2(CCC(N(C)C)CC2)C1. The first-order valence-electron chi connectivity index (χ1n) is 5.46. The van der Waals surface area contributed by atoms with Crippen molar-refractivity contribution in [3.63, 3.8) is 0 Å². The lowest BCUT2D eigenvalue weighted by atomic mass is 9.67. The fourth-order valence-electron chi connectivity index (χ4n) is 3.15. The minimum absolute atomic E-state index is 0.737. The lowest BCUT2D eigenvalue weighted by Gasteiger charge is -2.53. The molecular formula is C11H22N2. The van der Waals surface area contributed by atoms with Crippen molar-refractivity contribution in [2.75, 3.05) is 34.2 Å². The molecule has 2 heteroatoms. The van der Waals surface area contributed by atoms with Crippen LogP contribution >= 0.6 is 0 Å². The molecule has 1 aliphatic heterocycles. The predicted molar refractivity (Wildman–Crippen MR) is 55.9 cm³/mol. The van der Waals surface area contributed by atoms with E-state index < -0.39 is 0 Å². The predicted octanol–water partition coefficient (Wildman–Crippen LogP) is 1.42. The summed E-state index contributed by atoms with van der Waals surface area (Å²) in [7, 11) is 6.68. The molecule has 0 aromatic carbocycles. The Morgan fingerprint density at radius 2 is 1.69 bits per heavy atom. The van der Waals surface area contributed by atoms with Gasteiger partial charge >= 0.3 is 0 Å². The van der Waals surface area contributed by atoms with E-state index in [0.717, 1.165) is 11.5 Å². The van der Waals surface area contributed by atoms with Crippen LogP contribution in [0.5, 0.6) is 0 Å². The number of likely N-dealkylation sites (tertiary alicyclic amines) is 1. The second kappa shape index (κ2) is 3.25. The Balaban J connectivity index is 1.83. The largest absolute Gasteiger partial charge is 0.306 e.